The van der Waals surface area contributed by atoms with Crippen molar-refractivity contribution in [3.05, 3.63) is 42.5 Å². The van der Waals surface area contributed by atoms with E-state index < -0.39 is 17.2 Å². The van der Waals surface area contributed by atoms with Crippen LogP contribution in [0.15, 0.2) is 36.9 Å². The van der Waals surface area contributed by atoms with Gasteiger partial charge >= 0.3 is 0 Å². The number of rotatable bonds is 2. The summed E-state index contributed by atoms with van der Waals surface area (Å²) in [6, 6.07) is 7.07. The van der Waals surface area contributed by atoms with Gasteiger partial charge in [-0.15, -0.1) is 0 Å². The summed E-state index contributed by atoms with van der Waals surface area (Å²) in [4.78, 5) is 16.9. The Morgan fingerprint density at radius 1 is 1.38 bits per heavy atom. The summed E-state index contributed by atoms with van der Waals surface area (Å²) in [6.45, 7) is 5.35. The van der Waals surface area contributed by atoms with E-state index in [0.29, 0.717) is 11.3 Å². The third kappa shape index (κ3) is 1.86. The van der Waals surface area contributed by atoms with Crippen molar-refractivity contribution in [3.8, 4) is 5.75 Å². The Morgan fingerprint density at radius 2 is 2.10 bits per heavy atom. The van der Waals surface area contributed by atoms with Crippen molar-refractivity contribution in [2.75, 3.05) is 0 Å². The summed E-state index contributed by atoms with van der Waals surface area (Å²) in [5.41, 5.74) is -1.75. The first-order valence-corrected chi connectivity index (χ1v) is 6.73. The molecule has 0 saturated carbocycles. The van der Waals surface area contributed by atoms with Crippen LogP contribution in [-0.4, -0.2) is 25.7 Å². The molecular weight excluding hydrogens is 270 g/mol. The molecule has 2 heterocycles. The van der Waals surface area contributed by atoms with Crippen molar-refractivity contribution in [1.29, 1.82) is 0 Å². The number of hydrogen-bond donors (Lipinski definition) is 1. The fraction of sp³-hybridized carbons (Fsp3) is 0.400. The smallest absolute Gasteiger partial charge is 0.292 e. The molecule has 0 fully saturated rings. The van der Waals surface area contributed by atoms with E-state index in [1.807, 2.05) is 0 Å². The number of benzene rings is 1. The molecule has 1 aliphatic rings. The summed E-state index contributed by atoms with van der Waals surface area (Å²) in [7, 11) is 0. The Bertz CT molecular complexity index is 676. The summed E-state index contributed by atoms with van der Waals surface area (Å²) < 4.78 is 7.20. The zero-order valence-corrected chi connectivity index (χ0v) is 12.1. The number of ether oxygens (including phenoxy) is 1. The van der Waals surface area contributed by atoms with Crippen LogP contribution in [0.3, 0.4) is 0 Å². The van der Waals surface area contributed by atoms with E-state index in [9.17, 15) is 9.90 Å². The molecule has 0 unspecified atom stereocenters. The summed E-state index contributed by atoms with van der Waals surface area (Å²) >= 11 is 0. The van der Waals surface area contributed by atoms with E-state index in [1.54, 1.807) is 45.0 Å². The lowest BCUT2D eigenvalue weighted by Gasteiger charge is -2.35. The molecular formula is C15H17N3O3. The average Bonchev–Trinajstić information content (AvgIpc) is 3.05. The predicted molar refractivity (Wildman–Crippen MR) is 74.5 cm³/mol. The summed E-state index contributed by atoms with van der Waals surface area (Å²) in [5, 5.41) is 14.8. The number of carbonyl (C=O) groups excluding carboxylic acids is 1. The number of aliphatic hydroxyl groups is 1. The number of Topliss-reactive ketones (excluding diaryl/α,β-unsaturated/α-hetero) is 1. The SMILES string of the molecule is CC(C)(C)C(=O)[C@]1(n2cncn2)Oc2ccccc2[C@@H]1O. The van der Waals surface area contributed by atoms with Gasteiger partial charge in [-0.2, -0.15) is 5.10 Å². The molecule has 1 aromatic heterocycles. The maximum absolute atomic E-state index is 13.0. The van der Waals surface area contributed by atoms with E-state index >= 15 is 0 Å². The topological polar surface area (TPSA) is 77.2 Å². The lowest BCUT2D eigenvalue weighted by molar-refractivity contribution is -0.167. The largest absolute Gasteiger partial charge is 0.455 e. The molecule has 0 radical (unpaired) electrons. The Labute approximate surface area is 122 Å². The first-order chi connectivity index (χ1) is 9.87. The van der Waals surface area contributed by atoms with Gasteiger partial charge in [0.2, 0.25) is 5.78 Å². The monoisotopic (exact) mass is 287 g/mol. The van der Waals surface area contributed by atoms with Crippen molar-refractivity contribution < 1.29 is 14.6 Å². The Kier molecular flexibility index (Phi) is 2.88. The van der Waals surface area contributed by atoms with Crippen LogP contribution in [0.5, 0.6) is 5.75 Å². The van der Waals surface area contributed by atoms with Crippen LogP contribution in [0.4, 0.5) is 0 Å². The molecule has 6 nitrogen and oxygen atoms in total. The molecule has 1 aliphatic heterocycles. The summed E-state index contributed by atoms with van der Waals surface area (Å²) in [5.74, 6) is 0.224. The minimum atomic E-state index is -1.61. The highest BCUT2D eigenvalue weighted by atomic mass is 16.5. The van der Waals surface area contributed by atoms with Gasteiger partial charge in [0.15, 0.2) is 6.10 Å². The average molecular weight is 287 g/mol. The Hall–Kier alpha value is -2.21. The van der Waals surface area contributed by atoms with E-state index in [4.69, 9.17) is 4.74 Å². The third-order valence-electron chi connectivity index (χ3n) is 3.62. The fourth-order valence-electron chi connectivity index (χ4n) is 2.60. The van der Waals surface area contributed by atoms with Crippen LogP contribution >= 0.6 is 0 Å². The van der Waals surface area contributed by atoms with Gasteiger partial charge < -0.3 is 9.84 Å². The van der Waals surface area contributed by atoms with Gasteiger partial charge in [-0.25, -0.2) is 9.67 Å². The quantitative estimate of drug-likeness (QED) is 0.909. The van der Waals surface area contributed by atoms with Crippen molar-refractivity contribution in [2.45, 2.75) is 32.6 Å². The highest BCUT2D eigenvalue weighted by Crippen LogP contribution is 2.48. The second-order valence-electron chi connectivity index (χ2n) is 6.16. The van der Waals surface area contributed by atoms with Gasteiger partial charge in [0, 0.05) is 11.0 Å². The van der Waals surface area contributed by atoms with Crippen LogP contribution in [0.1, 0.15) is 32.4 Å². The molecule has 0 amide bonds. The molecule has 0 saturated heterocycles. The predicted octanol–water partition coefficient (Wildman–Crippen LogP) is 1.67. The highest BCUT2D eigenvalue weighted by Gasteiger charge is 2.58. The number of carbonyl (C=O) groups is 1. The number of aromatic nitrogens is 3. The zero-order chi connectivity index (χ0) is 15.3. The van der Waals surface area contributed by atoms with E-state index in [-0.39, 0.29) is 5.78 Å². The highest BCUT2D eigenvalue weighted by molar-refractivity contribution is 5.91. The first-order valence-electron chi connectivity index (χ1n) is 6.73. The minimum absolute atomic E-state index is 0.260. The standard InChI is InChI=1S/C15H17N3O3/c1-14(2,3)13(20)15(18-9-16-8-17-18)12(19)10-6-4-5-7-11(10)21-15/h4-9,12,19H,1-3H3/t12-,15+/m0/s1. The number of para-hydroxylation sites is 1. The second kappa shape index (κ2) is 4.39. The Balaban J connectivity index is 2.20. The molecule has 6 heteroatoms. The van der Waals surface area contributed by atoms with Crippen molar-refractivity contribution >= 4 is 5.78 Å². The maximum atomic E-state index is 13.0. The molecule has 3 rings (SSSR count). The molecule has 2 aromatic rings. The molecule has 110 valence electrons. The lowest BCUT2D eigenvalue weighted by atomic mass is 9.81. The van der Waals surface area contributed by atoms with Crippen LogP contribution in [0.2, 0.25) is 0 Å². The molecule has 21 heavy (non-hydrogen) atoms. The van der Waals surface area contributed by atoms with E-state index in [0.717, 1.165) is 0 Å². The minimum Gasteiger partial charge on any atom is -0.455 e. The molecule has 0 bridgehead atoms. The normalized spacial score (nSPS) is 24.5. The molecule has 2 atom stereocenters. The van der Waals surface area contributed by atoms with Crippen molar-refractivity contribution in [3.63, 3.8) is 0 Å². The maximum Gasteiger partial charge on any atom is 0.292 e. The van der Waals surface area contributed by atoms with Crippen LogP contribution in [0, 0.1) is 5.41 Å². The third-order valence-corrected chi connectivity index (χ3v) is 3.62. The van der Waals surface area contributed by atoms with Crippen molar-refractivity contribution in [1.82, 2.24) is 14.8 Å². The van der Waals surface area contributed by atoms with Crippen LogP contribution in [-0.2, 0) is 10.5 Å². The van der Waals surface area contributed by atoms with Crippen LogP contribution in [0.25, 0.3) is 0 Å². The molecule has 1 aromatic carbocycles. The summed E-state index contributed by atoms with van der Waals surface area (Å²) in [6.07, 6.45) is 1.57. The van der Waals surface area contributed by atoms with Gasteiger partial charge in [-0.3, -0.25) is 4.79 Å². The van der Waals surface area contributed by atoms with Crippen LogP contribution < -0.4 is 4.74 Å². The van der Waals surface area contributed by atoms with Gasteiger partial charge in [0.25, 0.3) is 5.72 Å². The number of hydrogen-bond acceptors (Lipinski definition) is 5. The van der Waals surface area contributed by atoms with E-state index in [1.165, 1.54) is 17.3 Å². The molecule has 1 N–H and O–H groups in total. The number of ketones is 1. The van der Waals surface area contributed by atoms with Gasteiger partial charge in [0.05, 0.1) is 0 Å². The fourth-order valence-corrected chi connectivity index (χ4v) is 2.60. The number of aliphatic hydroxyl groups excluding tert-OH is 1. The van der Waals surface area contributed by atoms with Gasteiger partial charge in [-0.05, 0) is 6.07 Å². The van der Waals surface area contributed by atoms with Crippen molar-refractivity contribution in [2.24, 2.45) is 5.41 Å². The second-order valence-corrected chi connectivity index (χ2v) is 6.16. The number of fused-ring (bicyclic) bond motifs is 1. The molecule has 0 aliphatic carbocycles. The zero-order valence-electron chi connectivity index (χ0n) is 12.1. The lowest BCUT2D eigenvalue weighted by Crippen LogP contribution is -2.53. The van der Waals surface area contributed by atoms with Gasteiger partial charge in [0.1, 0.15) is 18.4 Å². The van der Waals surface area contributed by atoms with E-state index in [2.05, 4.69) is 10.1 Å². The Morgan fingerprint density at radius 3 is 2.67 bits per heavy atom. The first kappa shape index (κ1) is 13.8. The van der Waals surface area contributed by atoms with Gasteiger partial charge in [-0.1, -0.05) is 39.0 Å². The number of nitrogens with zero attached hydrogens (tertiary/aromatic N) is 3. The molecule has 0 spiro atoms.